The van der Waals surface area contributed by atoms with Gasteiger partial charge >= 0.3 is 5.97 Å². The first-order valence-corrected chi connectivity index (χ1v) is 10.2. The van der Waals surface area contributed by atoms with E-state index in [1.165, 1.54) is 10.8 Å². The molecule has 0 aliphatic carbocycles. The van der Waals surface area contributed by atoms with Gasteiger partial charge in [-0.15, -0.1) is 11.3 Å². The Balaban J connectivity index is 1.62. The molecule has 0 radical (unpaired) electrons. The number of nitrogens with zero attached hydrogens (tertiary/aromatic N) is 4. The highest BCUT2D eigenvalue weighted by Gasteiger charge is 2.30. The highest BCUT2D eigenvalue weighted by Crippen LogP contribution is 2.41. The molecule has 0 atom stereocenters. The fourth-order valence-corrected chi connectivity index (χ4v) is 4.66. The minimum Gasteiger partial charge on any atom is -0.483 e. The molecule has 0 spiro atoms. The van der Waals surface area contributed by atoms with Crippen LogP contribution in [-0.4, -0.2) is 53.4 Å². The predicted molar refractivity (Wildman–Crippen MR) is 112 cm³/mol. The summed E-state index contributed by atoms with van der Waals surface area (Å²) < 4.78 is 22.6. The van der Waals surface area contributed by atoms with Crippen LogP contribution in [0.3, 0.4) is 0 Å². The Bertz CT molecular complexity index is 1250. The van der Waals surface area contributed by atoms with Gasteiger partial charge in [-0.1, -0.05) is 6.58 Å². The number of rotatable bonds is 3. The predicted octanol–water partition coefficient (Wildman–Crippen LogP) is 2.49. The van der Waals surface area contributed by atoms with Gasteiger partial charge in [0.2, 0.25) is 5.43 Å². The van der Waals surface area contributed by atoms with Crippen LogP contribution in [0.4, 0.5) is 15.2 Å². The summed E-state index contributed by atoms with van der Waals surface area (Å²) in [5.74, 6) is -1.73. The number of carboxylic acids is 1. The van der Waals surface area contributed by atoms with Gasteiger partial charge in [-0.25, -0.2) is 14.2 Å². The van der Waals surface area contributed by atoms with E-state index in [1.54, 1.807) is 17.5 Å². The van der Waals surface area contributed by atoms with Gasteiger partial charge in [0.15, 0.2) is 16.7 Å². The summed E-state index contributed by atoms with van der Waals surface area (Å²) in [6.45, 7) is 6.41. The lowest BCUT2D eigenvalue weighted by Gasteiger charge is -2.37. The van der Waals surface area contributed by atoms with E-state index >= 15 is 4.39 Å². The molecule has 8 nitrogen and oxygen atoms in total. The fourth-order valence-electron chi connectivity index (χ4n) is 3.97. The first kappa shape index (κ1) is 18.6. The molecule has 1 aromatic carbocycles. The molecule has 2 aliphatic heterocycles. The summed E-state index contributed by atoms with van der Waals surface area (Å²) in [7, 11) is 0. The lowest BCUT2D eigenvalue weighted by Crippen LogP contribution is -2.47. The molecule has 2 aromatic heterocycles. The lowest BCUT2D eigenvalue weighted by atomic mass is 10.1. The van der Waals surface area contributed by atoms with Crippen molar-refractivity contribution in [3.05, 3.63) is 52.0 Å². The van der Waals surface area contributed by atoms with Crippen molar-refractivity contribution >= 4 is 44.7 Å². The smallest absolute Gasteiger partial charge is 0.341 e. The topological polar surface area (TPSA) is 87.9 Å². The second-order valence-electron chi connectivity index (χ2n) is 7.12. The summed E-state index contributed by atoms with van der Waals surface area (Å²) in [4.78, 5) is 32.5. The van der Waals surface area contributed by atoms with Crippen LogP contribution in [0.5, 0.6) is 5.75 Å². The molecule has 1 saturated heterocycles. The average molecular weight is 428 g/mol. The number of carbonyl (C=O) groups is 1. The largest absolute Gasteiger partial charge is 0.483 e. The van der Waals surface area contributed by atoms with Crippen LogP contribution >= 0.6 is 11.3 Å². The van der Waals surface area contributed by atoms with Crippen LogP contribution < -0.4 is 20.0 Å². The number of piperazine rings is 1. The standard InChI is InChI=1S/C20H17FN4O4S/c1-11-10-29-18-15-12(17(26)13(19(27)28)9-25(11)15)8-14(21)16(18)23-3-5-24(6-4-23)20-22-2-7-30-20/h2,7-9H,1,3-6,10H2,(H,27,28). The number of hydrogen-bond acceptors (Lipinski definition) is 7. The average Bonchev–Trinajstić information content (AvgIpc) is 3.27. The zero-order valence-electron chi connectivity index (χ0n) is 15.8. The van der Waals surface area contributed by atoms with E-state index in [9.17, 15) is 14.7 Å². The van der Waals surface area contributed by atoms with Crippen molar-refractivity contribution in [1.29, 1.82) is 0 Å². The molecule has 10 heteroatoms. The summed E-state index contributed by atoms with van der Waals surface area (Å²) in [6, 6.07) is 1.11. The van der Waals surface area contributed by atoms with Crippen LogP contribution in [-0.2, 0) is 0 Å². The number of anilines is 2. The Hall–Kier alpha value is -3.40. The molecule has 30 heavy (non-hydrogen) atoms. The Morgan fingerprint density at radius 3 is 2.67 bits per heavy atom. The summed E-state index contributed by atoms with van der Waals surface area (Å²) in [5.41, 5.74) is -0.0702. The van der Waals surface area contributed by atoms with Crippen LogP contribution in [0.2, 0.25) is 0 Å². The Kier molecular flexibility index (Phi) is 4.24. The third-order valence-corrected chi connectivity index (χ3v) is 6.24. The van der Waals surface area contributed by atoms with Gasteiger partial charge in [0.05, 0.1) is 11.1 Å². The highest BCUT2D eigenvalue weighted by molar-refractivity contribution is 7.13. The Labute approximate surface area is 174 Å². The number of aromatic nitrogens is 2. The van der Waals surface area contributed by atoms with E-state index in [-0.39, 0.29) is 23.4 Å². The van der Waals surface area contributed by atoms with Crippen LogP contribution in [0.15, 0.2) is 35.2 Å². The molecule has 2 aliphatic rings. The van der Waals surface area contributed by atoms with E-state index < -0.39 is 22.8 Å². The Morgan fingerprint density at radius 1 is 1.27 bits per heavy atom. The first-order valence-electron chi connectivity index (χ1n) is 9.31. The van der Waals surface area contributed by atoms with Crippen molar-refractivity contribution in [2.75, 3.05) is 42.6 Å². The quantitative estimate of drug-likeness (QED) is 0.686. The molecule has 0 saturated carbocycles. The van der Waals surface area contributed by atoms with E-state index in [1.807, 2.05) is 10.3 Å². The molecule has 0 unspecified atom stereocenters. The minimum atomic E-state index is -1.37. The zero-order valence-corrected chi connectivity index (χ0v) is 16.6. The maximum Gasteiger partial charge on any atom is 0.341 e. The molecule has 154 valence electrons. The number of carboxylic acid groups (broad SMARTS) is 1. The third kappa shape index (κ3) is 2.75. The van der Waals surface area contributed by atoms with Crippen LogP contribution in [0.25, 0.3) is 16.6 Å². The van der Waals surface area contributed by atoms with Gasteiger partial charge in [-0.2, -0.15) is 0 Å². The van der Waals surface area contributed by atoms with Crippen LogP contribution in [0.1, 0.15) is 10.4 Å². The molecule has 5 rings (SSSR count). The third-order valence-electron chi connectivity index (χ3n) is 5.41. The number of benzene rings is 1. The van der Waals surface area contributed by atoms with Crippen molar-refractivity contribution in [3.8, 4) is 5.75 Å². The minimum absolute atomic E-state index is 0.0339. The highest BCUT2D eigenvalue weighted by atomic mass is 32.1. The number of hydrogen-bond donors (Lipinski definition) is 1. The maximum atomic E-state index is 15.2. The maximum absolute atomic E-state index is 15.2. The van der Waals surface area contributed by atoms with Gasteiger partial charge in [0.25, 0.3) is 0 Å². The van der Waals surface area contributed by atoms with Gasteiger partial charge in [0, 0.05) is 44.0 Å². The molecule has 0 amide bonds. The zero-order chi connectivity index (χ0) is 21.0. The van der Waals surface area contributed by atoms with Crippen molar-refractivity contribution < 1.29 is 19.0 Å². The van der Waals surface area contributed by atoms with Gasteiger partial charge in [-0.3, -0.25) is 4.79 Å². The number of halogens is 1. The fraction of sp³-hybridized carbons (Fsp3) is 0.250. The lowest BCUT2D eigenvalue weighted by molar-refractivity contribution is 0.0695. The van der Waals surface area contributed by atoms with E-state index in [0.29, 0.717) is 37.4 Å². The number of ether oxygens (including phenoxy) is 1. The van der Waals surface area contributed by atoms with Gasteiger partial charge in [0.1, 0.15) is 23.4 Å². The molecular weight excluding hydrogens is 411 g/mol. The first-order chi connectivity index (χ1) is 14.5. The van der Waals surface area contributed by atoms with Crippen molar-refractivity contribution in [3.63, 3.8) is 0 Å². The molecular formula is C20H17FN4O4S. The molecule has 1 N–H and O–H groups in total. The second-order valence-corrected chi connectivity index (χ2v) is 8.00. The van der Waals surface area contributed by atoms with Crippen molar-refractivity contribution in [2.24, 2.45) is 0 Å². The van der Waals surface area contributed by atoms with Crippen molar-refractivity contribution in [2.45, 2.75) is 0 Å². The van der Waals surface area contributed by atoms with E-state index in [0.717, 1.165) is 11.2 Å². The number of pyridine rings is 1. The molecule has 0 bridgehead atoms. The molecule has 4 heterocycles. The Morgan fingerprint density at radius 2 is 2.00 bits per heavy atom. The second kappa shape index (κ2) is 6.84. The monoisotopic (exact) mass is 428 g/mol. The molecule has 1 fully saturated rings. The summed E-state index contributed by atoms with van der Waals surface area (Å²) in [5, 5.41) is 12.2. The number of aromatic carboxylic acids is 1. The SMILES string of the molecule is C=C1COc2c(N3CCN(c4nccs4)CC3)c(F)cc3c(=O)c(C(=O)O)cn1c23. The summed E-state index contributed by atoms with van der Waals surface area (Å²) >= 11 is 1.56. The summed E-state index contributed by atoms with van der Waals surface area (Å²) in [6.07, 6.45) is 2.99. The van der Waals surface area contributed by atoms with Gasteiger partial charge in [-0.05, 0) is 6.07 Å². The van der Waals surface area contributed by atoms with Crippen molar-refractivity contribution in [1.82, 2.24) is 9.55 Å². The van der Waals surface area contributed by atoms with E-state index in [4.69, 9.17) is 4.74 Å². The van der Waals surface area contributed by atoms with E-state index in [2.05, 4.69) is 16.5 Å². The normalized spacial score (nSPS) is 16.1. The number of thiazole rings is 1. The van der Waals surface area contributed by atoms with Crippen LogP contribution in [0, 0.1) is 5.82 Å². The van der Waals surface area contributed by atoms with Gasteiger partial charge < -0.3 is 24.2 Å². The molecule has 3 aromatic rings.